The van der Waals surface area contributed by atoms with Crippen LogP contribution in [-0.4, -0.2) is 41.9 Å². The second-order valence-corrected chi connectivity index (χ2v) is 8.51. The molecule has 2 aromatic carbocycles. The molecule has 3 aromatic rings. The lowest BCUT2D eigenvalue weighted by atomic mass is 10.1. The topological polar surface area (TPSA) is 62.7 Å². The van der Waals surface area contributed by atoms with E-state index >= 15 is 0 Å². The summed E-state index contributed by atoms with van der Waals surface area (Å²) in [6, 6.07) is 15.3. The average Bonchev–Trinajstić information content (AvgIpc) is 3.36. The standard InChI is InChI=1S/C23H25N3O3S/c1-4-29-19-11-7-6-10-18(19)26-14-16(13-21(26)27)23(28)25(3)15(2)22-24-17-9-5-8-12-20(17)30-22/h5-12,15-16H,4,13-14H2,1-3H3/t15-,16-/m1/s1. The van der Waals surface area contributed by atoms with Gasteiger partial charge in [0.2, 0.25) is 11.8 Å². The molecule has 1 aromatic heterocycles. The Bertz CT molecular complexity index is 1050. The van der Waals surface area contributed by atoms with Crippen molar-refractivity contribution in [2.24, 2.45) is 5.92 Å². The third-order valence-corrected chi connectivity index (χ3v) is 6.73. The van der Waals surface area contributed by atoms with Crippen LogP contribution in [0.1, 0.15) is 31.3 Å². The summed E-state index contributed by atoms with van der Waals surface area (Å²) in [7, 11) is 1.79. The predicted molar refractivity (Wildman–Crippen MR) is 119 cm³/mol. The first-order valence-electron chi connectivity index (χ1n) is 10.1. The lowest BCUT2D eigenvalue weighted by Gasteiger charge is -2.26. The number of hydrogen-bond donors (Lipinski definition) is 0. The van der Waals surface area contributed by atoms with Crippen molar-refractivity contribution in [2.75, 3.05) is 25.1 Å². The molecular weight excluding hydrogens is 398 g/mol. The number of hydrogen-bond acceptors (Lipinski definition) is 5. The molecule has 0 spiro atoms. The lowest BCUT2D eigenvalue weighted by Crippen LogP contribution is -2.36. The first-order valence-corrected chi connectivity index (χ1v) is 11.0. The maximum absolute atomic E-state index is 13.2. The van der Waals surface area contributed by atoms with Gasteiger partial charge in [0.25, 0.3) is 0 Å². The fraction of sp³-hybridized carbons (Fsp3) is 0.348. The third-order valence-electron chi connectivity index (χ3n) is 5.53. The number of benzene rings is 2. The minimum absolute atomic E-state index is 0.0357. The van der Waals surface area contributed by atoms with Crippen LogP contribution < -0.4 is 9.64 Å². The molecule has 0 N–H and O–H groups in total. The Morgan fingerprint density at radius 1 is 1.27 bits per heavy atom. The van der Waals surface area contributed by atoms with Crippen LogP contribution in [0.25, 0.3) is 10.2 Å². The van der Waals surface area contributed by atoms with Gasteiger partial charge in [-0.2, -0.15) is 0 Å². The molecule has 0 unspecified atom stereocenters. The number of thiazole rings is 1. The summed E-state index contributed by atoms with van der Waals surface area (Å²) in [4.78, 5) is 34.0. The van der Waals surface area contributed by atoms with E-state index in [-0.39, 0.29) is 30.2 Å². The second-order valence-electron chi connectivity index (χ2n) is 7.45. The maximum Gasteiger partial charge on any atom is 0.228 e. The van der Waals surface area contributed by atoms with Crippen molar-refractivity contribution >= 4 is 39.1 Å². The van der Waals surface area contributed by atoms with Gasteiger partial charge in [-0.15, -0.1) is 11.3 Å². The predicted octanol–water partition coefficient (Wildman–Crippen LogP) is 4.27. The van der Waals surface area contributed by atoms with E-state index in [0.29, 0.717) is 18.9 Å². The van der Waals surface area contributed by atoms with E-state index in [1.54, 1.807) is 28.2 Å². The van der Waals surface area contributed by atoms with Crippen LogP contribution in [0.5, 0.6) is 5.75 Å². The number of rotatable bonds is 6. The van der Waals surface area contributed by atoms with Crippen LogP contribution in [0, 0.1) is 5.92 Å². The second kappa shape index (κ2) is 8.44. The maximum atomic E-state index is 13.2. The molecule has 1 aliphatic heterocycles. The van der Waals surface area contributed by atoms with Gasteiger partial charge in [-0.3, -0.25) is 9.59 Å². The summed E-state index contributed by atoms with van der Waals surface area (Å²) in [6.07, 6.45) is 0.205. The van der Waals surface area contributed by atoms with E-state index in [4.69, 9.17) is 4.74 Å². The average molecular weight is 424 g/mol. The van der Waals surface area contributed by atoms with Crippen molar-refractivity contribution in [3.05, 3.63) is 53.5 Å². The van der Waals surface area contributed by atoms with Crippen LogP contribution in [0.4, 0.5) is 5.69 Å². The van der Waals surface area contributed by atoms with Crippen LogP contribution in [0.15, 0.2) is 48.5 Å². The quantitative estimate of drug-likeness (QED) is 0.594. The Hall–Kier alpha value is -2.93. The van der Waals surface area contributed by atoms with Gasteiger partial charge in [0.1, 0.15) is 10.8 Å². The number of ether oxygens (including phenoxy) is 1. The molecule has 0 saturated carbocycles. The zero-order valence-corrected chi connectivity index (χ0v) is 18.2. The van der Waals surface area contributed by atoms with Crippen molar-refractivity contribution in [1.82, 2.24) is 9.88 Å². The highest BCUT2D eigenvalue weighted by Crippen LogP contribution is 2.35. The Morgan fingerprint density at radius 2 is 2.00 bits per heavy atom. The summed E-state index contributed by atoms with van der Waals surface area (Å²) < 4.78 is 6.78. The van der Waals surface area contributed by atoms with Gasteiger partial charge in [0.15, 0.2) is 0 Å². The molecule has 2 atom stereocenters. The van der Waals surface area contributed by atoms with E-state index < -0.39 is 0 Å². The lowest BCUT2D eigenvalue weighted by molar-refractivity contribution is -0.136. The summed E-state index contributed by atoms with van der Waals surface area (Å²) >= 11 is 1.60. The Kier molecular flexibility index (Phi) is 5.72. The summed E-state index contributed by atoms with van der Waals surface area (Å²) in [5.41, 5.74) is 1.67. The Morgan fingerprint density at radius 3 is 2.77 bits per heavy atom. The highest BCUT2D eigenvalue weighted by molar-refractivity contribution is 7.18. The van der Waals surface area contributed by atoms with E-state index in [1.807, 2.05) is 62.4 Å². The number of nitrogens with zero attached hydrogens (tertiary/aromatic N) is 3. The monoisotopic (exact) mass is 423 g/mol. The number of carbonyl (C=O) groups is 2. The van der Waals surface area contributed by atoms with Crippen molar-refractivity contribution in [3.63, 3.8) is 0 Å². The molecule has 7 heteroatoms. The first kappa shape index (κ1) is 20.3. The van der Waals surface area contributed by atoms with Crippen molar-refractivity contribution < 1.29 is 14.3 Å². The molecule has 0 radical (unpaired) electrons. The molecule has 6 nitrogen and oxygen atoms in total. The van der Waals surface area contributed by atoms with Gasteiger partial charge in [-0.05, 0) is 38.1 Å². The highest BCUT2D eigenvalue weighted by Gasteiger charge is 2.38. The number of carbonyl (C=O) groups excluding carboxylic acids is 2. The molecule has 4 rings (SSSR count). The molecule has 1 aliphatic rings. The molecule has 2 amide bonds. The van der Waals surface area contributed by atoms with Gasteiger partial charge in [-0.25, -0.2) is 4.98 Å². The summed E-state index contributed by atoms with van der Waals surface area (Å²) in [6.45, 7) is 4.77. The smallest absolute Gasteiger partial charge is 0.228 e. The number of amides is 2. The van der Waals surface area contributed by atoms with Gasteiger partial charge in [-0.1, -0.05) is 24.3 Å². The Labute approximate surface area is 180 Å². The van der Waals surface area contributed by atoms with Gasteiger partial charge in [0, 0.05) is 20.0 Å². The van der Waals surface area contributed by atoms with Gasteiger partial charge in [0.05, 0.1) is 34.5 Å². The number of aromatic nitrogens is 1. The van der Waals surface area contributed by atoms with Gasteiger partial charge < -0.3 is 14.5 Å². The van der Waals surface area contributed by atoms with Gasteiger partial charge >= 0.3 is 0 Å². The first-order chi connectivity index (χ1) is 14.5. The van der Waals surface area contributed by atoms with E-state index in [1.165, 1.54) is 0 Å². The minimum Gasteiger partial charge on any atom is -0.492 e. The van der Waals surface area contributed by atoms with E-state index in [0.717, 1.165) is 20.9 Å². The minimum atomic E-state index is -0.381. The zero-order chi connectivity index (χ0) is 21.3. The number of para-hydroxylation sites is 3. The fourth-order valence-electron chi connectivity index (χ4n) is 3.78. The van der Waals surface area contributed by atoms with Crippen LogP contribution in [0.3, 0.4) is 0 Å². The Balaban J connectivity index is 1.50. The molecule has 0 aliphatic carbocycles. The zero-order valence-electron chi connectivity index (χ0n) is 17.4. The summed E-state index contributed by atoms with van der Waals surface area (Å²) in [5.74, 6) is 0.194. The molecule has 156 valence electrons. The number of anilines is 1. The van der Waals surface area contributed by atoms with E-state index in [2.05, 4.69) is 4.98 Å². The molecular formula is C23H25N3O3S. The largest absolute Gasteiger partial charge is 0.492 e. The molecule has 1 saturated heterocycles. The molecule has 2 heterocycles. The van der Waals surface area contributed by atoms with Crippen LogP contribution in [0.2, 0.25) is 0 Å². The van der Waals surface area contributed by atoms with Crippen molar-refractivity contribution in [2.45, 2.75) is 26.3 Å². The van der Waals surface area contributed by atoms with Crippen LogP contribution in [-0.2, 0) is 9.59 Å². The molecule has 1 fully saturated rings. The normalized spacial score (nSPS) is 17.4. The summed E-state index contributed by atoms with van der Waals surface area (Å²) in [5, 5.41) is 0.898. The van der Waals surface area contributed by atoms with Crippen molar-refractivity contribution in [3.8, 4) is 5.75 Å². The molecule has 30 heavy (non-hydrogen) atoms. The van der Waals surface area contributed by atoms with Crippen molar-refractivity contribution in [1.29, 1.82) is 0 Å². The number of fused-ring (bicyclic) bond motifs is 1. The fourth-order valence-corrected chi connectivity index (χ4v) is 4.84. The SMILES string of the molecule is CCOc1ccccc1N1C[C@H](C(=O)N(C)[C@H](C)c2nc3ccccc3s2)CC1=O. The molecule has 0 bridgehead atoms. The third kappa shape index (κ3) is 3.77. The van der Waals surface area contributed by atoms with E-state index in [9.17, 15) is 9.59 Å². The highest BCUT2D eigenvalue weighted by atomic mass is 32.1. The van der Waals surface area contributed by atoms with Crippen LogP contribution >= 0.6 is 11.3 Å².